The van der Waals surface area contributed by atoms with Gasteiger partial charge < -0.3 is 15.0 Å². The van der Waals surface area contributed by atoms with Crippen LogP contribution in [0.25, 0.3) is 0 Å². The van der Waals surface area contributed by atoms with Gasteiger partial charge in [0.2, 0.25) is 0 Å². The van der Waals surface area contributed by atoms with Crippen molar-refractivity contribution in [3.05, 3.63) is 135 Å². The van der Waals surface area contributed by atoms with Crippen LogP contribution < -0.4 is 16.2 Å². The number of pyridine rings is 1. The molecule has 0 aliphatic carbocycles. The van der Waals surface area contributed by atoms with E-state index < -0.39 is 36.0 Å². The Bertz CT molecular complexity index is 1600. The Kier molecular flexibility index (Phi) is 12.3. The summed E-state index contributed by atoms with van der Waals surface area (Å²) in [6.45, 7) is 0.0259. The summed E-state index contributed by atoms with van der Waals surface area (Å²) < 4.78 is 46.9. The number of ether oxygens (including phenoxy) is 1. The molecule has 5 rings (SSSR count). The summed E-state index contributed by atoms with van der Waals surface area (Å²) in [4.78, 5) is 30.9. The van der Waals surface area contributed by atoms with Crippen molar-refractivity contribution < 1.29 is 22.7 Å². The Hall–Kier alpha value is -3.41. The van der Waals surface area contributed by atoms with Gasteiger partial charge in [0.15, 0.2) is 5.78 Å². The summed E-state index contributed by atoms with van der Waals surface area (Å²) in [7, 11) is 0. The van der Waals surface area contributed by atoms with Gasteiger partial charge in [-0.15, -0.1) is 11.8 Å². The van der Waals surface area contributed by atoms with E-state index in [1.165, 1.54) is 6.20 Å². The Morgan fingerprint density at radius 1 is 0.936 bits per heavy atom. The molecule has 11 heteroatoms. The summed E-state index contributed by atoms with van der Waals surface area (Å²) in [5.74, 6) is -0.450. The fraction of sp³-hybridized carbons (Fsp3) is 0.333. The fourth-order valence-corrected chi connectivity index (χ4v) is 6.91. The van der Waals surface area contributed by atoms with Crippen LogP contribution >= 0.6 is 23.4 Å². The van der Waals surface area contributed by atoms with Gasteiger partial charge in [0.1, 0.15) is 0 Å². The monoisotopic (exact) mass is 683 g/mol. The average molecular weight is 684 g/mol. The molecule has 0 bridgehead atoms. The number of aromatic amines is 1. The number of benzene rings is 3. The zero-order valence-corrected chi connectivity index (χ0v) is 27.2. The highest BCUT2D eigenvalue weighted by atomic mass is 35.5. The first-order chi connectivity index (χ1) is 22.7. The van der Waals surface area contributed by atoms with Crippen molar-refractivity contribution in [3.63, 3.8) is 0 Å². The SMILES string of the molecule is O=C(Cc1c(CC[C@@H]2CNC[C@@H](CSc3ccc(Cl)cc3)O2)cc[nH]c1=O)[C@@H](NCC(F)(F)F)C(c1ccccc1)c1ccccc1. The topological polar surface area (TPSA) is 83.2 Å². The number of hydrogen-bond acceptors (Lipinski definition) is 6. The zero-order chi connectivity index (χ0) is 33.2. The van der Waals surface area contributed by atoms with Crippen molar-refractivity contribution in [1.82, 2.24) is 15.6 Å². The number of halogens is 4. The van der Waals surface area contributed by atoms with E-state index in [1.54, 1.807) is 66.4 Å². The van der Waals surface area contributed by atoms with Gasteiger partial charge in [-0.2, -0.15) is 13.2 Å². The number of aromatic nitrogens is 1. The fourth-order valence-electron chi connectivity index (χ4n) is 5.88. The first kappa shape index (κ1) is 34.9. The lowest BCUT2D eigenvalue weighted by molar-refractivity contribution is -0.131. The van der Waals surface area contributed by atoms with Gasteiger partial charge in [0.25, 0.3) is 5.56 Å². The summed E-state index contributed by atoms with van der Waals surface area (Å²) in [5, 5.41) is 6.62. The second kappa shape index (κ2) is 16.6. The molecule has 3 atom stereocenters. The van der Waals surface area contributed by atoms with E-state index in [0.717, 1.165) is 17.2 Å². The van der Waals surface area contributed by atoms with E-state index in [4.69, 9.17) is 16.3 Å². The third-order valence-electron chi connectivity index (χ3n) is 8.15. The number of hydrogen-bond donors (Lipinski definition) is 3. The number of Topliss-reactive ketones (excluding diaryl/α,β-unsaturated/α-hetero) is 1. The number of ketones is 1. The summed E-state index contributed by atoms with van der Waals surface area (Å²) >= 11 is 7.68. The normalized spacial score (nSPS) is 17.5. The van der Waals surface area contributed by atoms with Gasteiger partial charge in [0, 0.05) is 52.9 Å². The predicted octanol–water partition coefficient (Wildman–Crippen LogP) is 6.57. The van der Waals surface area contributed by atoms with Crippen LogP contribution in [0.4, 0.5) is 13.2 Å². The zero-order valence-electron chi connectivity index (χ0n) is 25.6. The molecule has 0 unspecified atom stereocenters. The summed E-state index contributed by atoms with van der Waals surface area (Å²) in [6.07, 6.45) is -2.37. The molecule has 4 aromatic rings. The Balaban J connectivity index is 1.31. The van der Waals surface area contributed by atoms with Crippen LogP contribution in [0, 0.1) is 0 Å². The summed E-state index contributed by atoms with van der Waals surface area (Å²) in [5.41, 5.74) is 1.89. The van der Waals surface area contributed by atoms with E-state index >= 15 is 0 Å². The van der Waals surface area contributed by atoms with E-state index in [2.05, 4.69) is 15.6 Å². The van der Waals surface area contributed by atoms with Crippen LogP contribution in [0.15, 0.2) is 107 Å². The number of nitrogens with one attached hydrogen (secondary N) is 3. The molecule has 1 fully saturated rings. The third-order valence-corrected chi connectivity index (χ3v) is 9.54. The minimum atomic E-state index is -4.54. The molecular formula is C36H37ClF3N3O3S. The van der Waals surface area contributed by atoms with Crippen molar-refractivity contribution in [1.29, 1.82) is 0 Å². The van der Waals surface area contributed by atoms with Gasteiger partial charge in [-0.3, -0.25) is 14.9 Å². The minimum absolute atomic E-state index is 0.0111. The van der Waals surface area contributed by atoms with Crippen LogP contribution in [-0.4, -0.2) is 60.6 Å². The molecular weight excluding hydrogens is 647 g/mol. The van der Waals surface area contributed by atoms with Crippen LogP contribution in [0.2, 0.25) is 5.02 Å². The molecule has 1 aromatic heterocycles. The molecule has 1 aliphatic heterocycles. The number of carbonyl (C=O) groups is 1. The van der Waals surface area contributed by atoms with E-state index in [-0.39, 0.29) is 24.2 Å². The highest BCUT2D eigenvalue weighted by Gasteiger charge is 2.36. The lowest BCUT2D eigenvalue weighted by Gasteiger charge is -2.31. The van der Waals surface area contributed by atoms with E-state index in [0.29, 0.717) is 41.1 Å². The summed E-state index contributed by atoms with van der Waals surface area (Å²) in [6, 6.07) is 26.2. The van der Waals surface area contributed by atoms with Crippen molar-refractivity contribution >= 4 is 29.1 Å². The highest BCUT2D eigenvalue weighted by molar-refractivity contribution is 7.99. The van der Waals surface area contributed by atoms with E-state index in [1.807, 2.05) is 36.4 Å². The molecule has 3 aromatic carbocycles. The number of thioether (sulfide) groups is 1. The maximum atomic E-state index is 14.1. The third kappa shape index (κ3) is 10.3. The number of aryl methyl sites for hydroxylation is 1. The molecule has 2 heterocycles. The van der Waals surface area contributed by atoms with Gasteiger partial charge in [-0.1, -0.05) is 72.3 Å². The lowest BCUT2D eigenvalue weighted by atomic mass is 9.81. The number of rotatable bonds is 14. The highest BCUT2D eigenvalue weighted by Crippen LogP contribution is 2.30. The molecule has 1 aliphatic rings. The molecule has 47 heavy (non-hydrogen) atoms. The quantitative estimate of drug-likeness (QED) is 0.130. The number of alkyl halides is 3. The predicted molar refractivity (Wildman–Crippen MR) is 180 cm³/mol. The minimum Gasteiger partial charge on any atom is -0.371 e. The molecule has 1 saturated heterocycles. The van der Waals surface area contributed by atoms with Crippen LogP contribution in [0.1, 0.15) is 34.6 Å². The molecule has 0 radical (unpaired) electrons. The smallest absolute Gasteiger partial charge is 0.371 e. The maximum absolute atomic E-state index is 14.1. The first-order valence-electron chi connectivity index (χ1n) is 15.5. The van der Waals surface area contributed by atoms with E-state index in [9.17, 15) is 22.8 Å². The van der Waals surface area contributed by atoms with Gasteiger partial charge >= 0.3 is 6.18 Å². The van der Waals surface area contributed by atoms with Gasteiger partial charge in [-0.25, -0.2) is 0 Å². The second-order valence-corrected chi connectivity index (χ2v) is 13.1. The standard InChI is InChI=1S/C36H37ClF3N3O3S/c37-27-12-15-30(16-13-27)47-22-29-21-41-20-28(46-29)14-11-24-17-18-42-35(45)31(24)19-32(44)34(43-23-36(38,39)40)33(25-7-3-1-4-8-25)26-9-5-2-6-10-26/h1-10,12-13,15-18,28-29,33-34,41,43H,11,14,19-23H2,(H,42,45)/t28-,29+,34-/m1/s1. The largest absolute Gasteiger partial charge is 0.401 e. The van der Waals surface area contributed by atoms with Crippen molar-refractivity contribution in [2.24, 2.45) is 0 Å². The Labute approximate surface area is 281 Å². The molecule has 248 valence electrons. The van der Waals surface area contributed by atoms with Crippen LogP contribution in [0.5, 0.6) is 0 Å². The molecule has 0 saturated carbocycles. The molecule has 0 amide bonds. The average Bonchev–Trinajstić information content (AvgIpc) is 3.07. The van der Waals surface area contributed by atoms with Crippen molar-refractivity contribution in [2.45, 2.75) is 54.5 Å². The molecule has 6 nitrogen and oxygen atoms in total. The van der Waals surface area contributed by atoms with Gasteiger partial charge in [-0.05, 0) is 59.9 Å². The first-order valence-corrected chi connectivity index (χ1v) is 16.9. The lowest BCUT2D eigenvalue weighted by Crippen LogP contribution is -2.47. The molecule has 0 spiro atoms. The number of H-pyrrole nitrogens is 1. The Morgan fingerprint density at radius 3 is 2.21 bits per heavy atom. The number of carbonyl (C=O) groups excluding carboxylic acids is 1. The Morgan fingerprint density at radius 2 is 1.57 bits per heavy atom. The van der Waals surface area contributed by atoms with Gasteiger partial charge in [0.05, 0.1) is 24.8 Å². The van der Waals surface area contributed by atoms with Crippen LogP contribution in [0.3, 0.4) is 0 Å². The van der Waals surface area contributed by atoms with Crippen molar-refractivity contribution in [2.75, 3.05) is 25.4 Å². The number of morpholine rings is 1. The molecule has 3 N–H and O–H groups in total. The van der Waals surface area contributed by atoms with Crippen LogP contribution in [-0.2, 0) is 22.4 Å². The maximum Gasteiger partial charge on any atom is 0.401 e. The second-order valence-electron chi connectivity index (χ2n) is 11.6. The van der Waals surface area contributed by atoms with Crippen molar-refractivity contribution in [3.8, 4) is 0 Å².